The third kappa shape index (κ3) is 6.65. The SMILES string of the molecule is O=S(=O)(c1cccc2ccccc12)c1[nH]nc2c(OC(CCl)CCl)cccc12.O=S(=O)(c1cccc2ccccc12)c1nn2c3c(cccc13)OC(CCl)C2. The molecule has 280 valence electrons. The van der Waals surface area contributed by atoms with Gasteiger partial charge in [0.05, 0.1) is 34.0 Å². The molecule has 55 heavy (non-hydrogen) atoms. The number of nitrogens with one attached hydrogen (secondary N) is 1. The standard InChI is InChI=1S/C20H16Cl2N2O3S.C20H15ClN2O3S/c21-11-14(12-22)27-17-9-4-8-16-19(17)23-24-20(16)28(25,26)18-10-3-6-13-5-1-2-7-15(13)18;21-11-14-12-23-19-16(8-4-9-17(19)26-14)20(22-23)27(24,25)18-10-3-6-13-5-1-2-7-15(13)18/h1-10,14H,11-12H2,(H,23,24);1-10,14H,11-12H2. The second-order valence-corrected chi connectivity index (χ2v) is 17.4. The van der Waals surface area contributed by atoms with Crippen LogP contribution in [0.5, 0.6) is 11.5 Å². The number of aromatic amines is 1. The van der Waals surface area contributed by atoms with Gasteiger partial charge in [-0.3, -0.25) is 9.78 Å². The van der Waals surface area contributed by atoms with Crippen molar-refractivity contribution < 1.29 is 26.3 Å². The van der Waals surface area contributed by atoms with Gasteiger partial charge in [0, 0.05) is 21.5 Å². The van der Waals surface area contributed by atoms with Crippen LogP contribution in [0.25, 0.3) is 43.4 Å². The number of sulfone groups is 2. The number of benzene rings is 6. The minimum Gasteiger partial charge on any atom is -0.486 e. The van der Waals surface area contributed by atoms with Crippen LogP contribution in [0.3, 0.4) is 0 Å². The van der Waals surface area contributed by atoms with Crippen LogP contribution in [-0.2, 0) is 26.2 Å². The van der Waals surface area contributed by atoms with E-state index in [4.69, 9.17) is 44.3 Å². The molecule has 0 spiro atoms. The Labute approximate surface area is 331 Å². The fourth-order valence-electron chi connectivity index (χ4n) is 6.74. The van der Waals surface area contributed by atoms with Crippen molar-refractivity contribution in [2.24, 2.45) is 0 Å². The van der Waals surface area contributed by atoms with Crippen LogP contribution in [0.4, 0.5) is 0 Å². The van der Waals surface area contributed by atoms with Gasteiger partial charge in [-0.2, -0.15) is 10.2 Å². The molecule has 0 aliphatic carbocycles. The zero-order valence-corrected chi connectivity index (χ0v) is 32.7. The lowest BCUT2D eigenvalue weighted by atomic mass is 10.1. The molecule has 1 aliphatic rings. The van der Waals surface area contributed by atoms with E-state index < -0.39 is 25.8 Å². The molecule has 15 heteroatoms. The second kappa shape index (κ2) is 15.0. The van der Waals surface area contributed by atoms with Crippen LogP contribution in [0, 0.1) is 0 Å². The van der Waals surface area contributed by atoms with Crippen molar-refractivity contribution >= 4 is 97.8 Å². The summed E-state index contributed by atoms with van der Waals surface area (Å²) in [7, 11) is -7.65. The Kier molecular flexibility index (Phi) is 10.1. The number of hydrogen-bond acceptors (Lipinski definition) is 8. The van der Waals surface area contributed by atoms with Crippen LogP contribution in [-0.4, -0.2) is 66.7 Å². The van der Waals surface area contributed by atoms with Crippen molar-refractivity contribution in [3.63, 3.8) is 0 Å². The summed E-state index contributed by atoms with van der Waals surface area (Å²) >= 11 is 17.7. The van der Waals surface area contributed by atoms with E-state index >= 15 is 0 Å². The Balaban J connectivity index is 0.000000155. The Morgan fingerprint density at radius 3 is 1.93 bits per heavy atom. The summed E-state index contributed by atoms with van der Waals surface area (Å²) < 4.78 is 67.2. The molecule has 8 aromatic rings. The highest BCUT2D eigenvalue weighted by molar-refractivity contribution is 7.92. The van der Waals surface area contributed by atoms with Crippen molar-refractivity contribution in [3.05, 3.63) is 121 Å². The van der Waals surface area contributed by atoms with E-state index in [-0.39, 0.29) is 37.7 Å². The summed E-state index contributed by atoms with van der Waals surface area (Å²) in [6.07, 6.45) is -0.637. The van der Waals surface area contributed by atoms with Crippen LogP contribution < -0.4 is 9.47 Å². The fraction of sp³-hybridized carbons (Fsp3) is 0.150. The van der Waals surface area contributed by atoms with Crippen LogP contribution in [0.2, 0.25) is 0 Å². The monoisotopic (exact) mass is 832 g/mol. The first kappa shape index (κ1) is 37.1. The third-order valence-electron chi connectivity index (χ3n) is 9.29. The molecule has 0 saturated heterocycles. The van der Waals surface area contributed by atoms with Gasteiger partial charge >= 0.3 is 0 Å². The maximum absolute atomic E-state index is 13.5. The maximum atomic E-state index is 13.5. The quantitative estimate of drug-likeness (QED) is 0.143. The van der Waals surface area contributed by atoms with Gasteiger partial charge in [-0.05, 0) is 47.2 Å². The third-order valence-corrected chi connectivity index (χ3v) is 13.9. The van der Waals surface area contributed by atoms with Gasteiger partial charge in [0.2, 0.25) is 19.7 Å². The smallest absolute Gasteiger partial charge is 0.226 e. The summed E-state index contributed by atoms with van der Waals surface area (Å²) in [4.78, 5) is 0.480. The molecule has 0 fully saturated rings. The number of H-pyrrole nitrogens is 1. The average Bonchev–Trinajstić information content (AvgIpc) is 3.84. The molecule has 0 bridgehead atoms. The van der Waals surface area contributed by atoms with E-state index in [2.05, 4.69) is 15.3 Å². The lowest BCUT2D eigenvalue weighted by Crippen LogP contribution is -2.29. The minimum absolute atomic E-state index is 0.0256. The van der Waals surface area contributed by atoms with Crippen molar-refractivity contribution in [3.8, 4) is 11.5 Å². The molecule has 0 radical (unpaired) electrons. The predicted molar refractivity (Wildman–Crippen MR) is 216 cm³/mol. The molecule has 2 aromatic heterocycles. The van der Waals surface area contributed by atoms with E-state index in [0.717, 1.165) is 10.8 Å². The number of fused-ring (bicyclic) bond motifs is 3. The molecular weight excluding hydrogens is 803 g/mol. The van der Waals surface area contributed by atoms with Crippen molar-refractivity contribution in [1.29, 1.82) is 0 Å². The molecule has 0 saturated carbocycles. The Morgan fingerprint density at radius 1 is 0.709 bits per heavy atom. The zero-order chi connectivity index (χ0) is 38.3. The highest BCUT2D eigenvalue weighted by Gasteiger charge is 2.31. The normalized spacial score (nSPS) is 14.3. The number of rotatable bonds is 9. The fourth-order valence-corrected chi connectivity index (χ4v) is 10.5. The Hall–Kier alpha value is -4.85. The minimum atomic E-state index is -3.83. The molecule has 0 amide bonds. The van der Waals surface area contributed by atoms with Gasteiger partial charge in [-0.1, -0.05) is 84.9 Å². The Bertz CT molecular complexity index is 2940. The zero-order valence-electron chi connectivity index (χ0n) is 28.8. The van der Waals surface area contributed by atoms with Gasteiger partial charge in [-0.15, -0.1) is 34.8 Å². The number of halogens is 3. The molecule has 1 aliphatic heterocycles. The number of ether oxygens (including phenoxy) is 2. The van der Waals surface area contributed by atoms with Crippen molar-refractivity contribution in [2.45, 2.75) is 38.6 Å². The van der Waals surface area contributed by atoms with Gasteiger partial charge in [-0.25, -0.2) is 16.8 Å². The number of nitrogens with zero attached hydrogens (tertiary/aromatic N) is 3. The topological polar surface area (TPSA) is 133 Å². The number of alkyl halides is 3. The summed E-state index contributed by atoms with van der Waals surface area (Å²) in [6, 6.07) is 35.8. The van der Waals surface area contributed by atoms with Crippen molar-refractivity contribution in [2.75, 3.05) is 17.6 Å². The first-order chi connectivity index (χ1) is 26.6. The summed E-state index contributed by atoms with van der Waals surface area (Å²) in [6.45, 7) is 0.419. The van der Waals surface area contributed by atoms with E-state index in [1.807, 2.05) is 60.7 Å². The average molecular weight is 834 g/mol. The Morgan fingerprint density at radius 2 is 1.27 bits per heavy atom. The first-order valence-electron chi connectivity index (χ1n) is 17.1. The lowest BCUT2D eigenvalue weighted by Gasteiger charge is -2.23. The van der Waals surface area contributed by atoms with Gasteiger partial charge in [0.1, 0.15) is 34.7 Å². The highest BCUT2D eigenvalue weighted by Crippen LogP contribution is 2.38. The van der Waals surface area contributed by atoms with Gasteiger partial charge in [0.15, 0.2) is 10.1 Å². The summed E-state index contributed by atoms with van der Waals surface area (Å²) in [5.74, 6) is 1.77. The van der Waals surface area contributed by atoms with E-state index in [9.17, 15) is 16.8 Å². The molecule has 6 aromatic carbocycles. The molecule has 1 unspecified atom stereocenters. The predicted octanol–water partition coefficient (Wildman–Crippen LogP) is 8.80. The van der Waals surface area contributed by atoms with E-state index in [0.29, 0.717) is 56.5 Å². The molecule has 1 atom stereocenters. The van der Waals surface area contributed by atoms with Gasteiger partial charge < -0.3 is 9.47 Å². The number of aromatic nitrogens is 4. The van der Waals surface area contributed by atoms with Gasteiger partial charge in [0.25, 0.3) is 0 Å². The number of hydrogen-bond donors (Lipinski definition) is 1. The van der Waals surface area contributed by atoms with Crippen LogP contribution in [0.1, 0.15) is 0 Å². The van der Waals surface area contributed by atoms with Crippen molar-refractivity contribution in [1.82, 2.24) is 20.0 Å². The van der Waals surface area contributed by atoms with Crippen LogP contribution >= 0.6 is 34.8 Å². The number of para-hydroxylation sites is 2. The largest absolute Gasteiger partial charge is 0.486 e. The summed E-state index contributed by atoms with van der Waals surface area (Å²) in [5, 5.41) is 15.5. The molecular formula is C40H31Cl3N4O6S2. The highest BCUT2D eigenvalue weighted by atomic mass is 35.5. The van der Waals surface area contributed by atoms with E-state index in [1.165, 1.54) is 0 Å². The molecule has 10 nitrogen and oxygen atoms in total. The molecule has 9 rings (SSSR count). The van der Waals surface area contributed by atoms with Crippen LogP contribution in [0.15, 0.2) is 141 Å². The molecule has 1 N–H and O–H groups in total. The second-order valence-electron chi connectivity index (χ2n) is 12.7. The maximum Gasteiger partial charge on any atom is 0.226 e. The lowest BCUT2D eigenvalue weighted by molar-refractivity contribution is 0.186. The van der Waals surface area contributed by atoms with E-state index in [1.54, 1.807) is 65.3 Å². The molecule has 3 heterocycles. The summed E-state index contributed by atoms with van der Waals surface area (Å²) in [5.41, 5.74) is 1.11. The first-order valence-corrected chi connectivity index (χ1v) is 21.7.